The molecule has 1 aliphatic rings. The summed E-state index contributed by atoms with van der Waals surface area (Å²) >= 11 is 0. The molecule has 152 valence electrons. The maximum absolute atomic E-state index is 5.21. The molecule has 1 heterocycles. The number of likely N-dealkylation sites (N-methyl/N-ethyl adjacent to an activating group) is 1. The van der Waals surface area contributed by atoms with Crippen molar-refractivity contribution in [2.24, 2.45) is 10.9 Å². The van der Waals surface area contributed by atoms with Crippen LogP contribution >= 0.6 is 0 Å². The van der Waals surface area contributed by atoms with Crippen molar-refractivity contribution in [1.29, 1.82) is 0 Å². The number of nitrogens with one attached hydrogen (secondary N) is 2. The lowest BCUT2D eigenvalue weighted by Gasteiger charge is -2.35. The zero-order chi connectivity index (χ0) is 19.5. The highest BCUT2D eigenvalue weighted by Gasteiger charge is 2.17. The van der Waals surface area contributed by atoms with E-state index in [-0.39, 0.29) is 0 Å². The Morgan fingerprint density at radius 1 is 1.07 bits per heavy atom. The molecular weight excluding hydrogens is 338 g/mol. The molecular formula is C21H37N5O. The molecule has 0 radical (unpaired) electrons. The summed E-state index contributed by atoms with van der Waals surface area (Å²) < 4.78 is 5.21. The second kappa shape index (κ2) is 11.8. The zero-order valence-corrected chi connectivity index (χ0v) is 17.5. The van der Waals surface area contributed by atoms with Crippen LogP contribution in [-0.2, 0) is 6.54 Å². The SMILES string of the molecule is CCNC(=NCc1ccc(OC)cc1)NCC(C)CN1CCN(CC)CC1. The van der Waals surface area contributed by atoms with Crippen molar-refractivity contribution < 1.29 is 4.74 Å². The number of rotatable bonds is 9. The smallest absolute Gasteiger partial charge is 0.191 e. The molecule has 6 heteroatoms. The fourth-order valence-electron chi connectivity index (χ4n) is 3.31. The van der Waals surface area contributed by atoms with Crippen LogP contribution in [0.4, 0.5) is 0 Å². The quantitative estimate of drug-likeness (QED) is 0.511. The summed E-state index contributed by atoms with van der Waals surface area (Å²) in [7, 11) is 1.69. The molecule has 6 nitrogen and oxygen atoms in total. The van der Waals surface area contributed by atoms with Crippen LogP contribution in [0.1, 0.15) is 26.3 Å². The fourth-order valence-corrected chi connectivity index (χ4v) is 3.31. The van der Waals surface area contributed by atoms with E-state index < -0.39 is 0 Å². The Hall–Kier alpha value is -1.79. The van der Waals surface area contributed by atoms with Crippen LogP contribution in [0.5, 0.6) is 5.75 Å². The number of hydrogen-bond acceptors (Lipinski definition) is 4. The standard InChI is InChI=1S/C21H37N5O/c1-5-22-21(24-16-19-7-9-20(27-4)10-8-19)23-15-18(3)17-26-13-11-25(6-2)12-14-26/h7-10,18H,5-6,11-17H2,1-4H3,(H2,22,23,24). The van der Waals surface area contributed by atoms with E-state index in [2.05, 4.69) is 53.3 Å². The van der Waals surface area contributed by atoms with E-state index in [0.717, 1.165) is 31.3 Å². The molecule has 0 spiro atoms. The topological polar surface area (TPSA) is 52.1 Å². The second-order valence-corrected chi connectivity index (χ2v) is 7.26. The van der Waals surface area contributed by atoms with Crippen molar-refractivity contribution >= 4 is 5.96 Å². The molecule has 27 heavy (non-hydrogen) atoms. The van der Waals surface area contributed by atoms with Gasteiger partial charge < -0.3 is 25.2 Å². The van der Waals surface area contributed by atoms with Crippen LogP contribution in [-0.4, -0.2) is 75.2 Å². The molecule has 1 aromatic rings. The Morgan fingerprint density at radius 2 is 1.74 bits per heavy atom. The first-order valence-corrected chi connectivity index (χ1v) is 10.2. The van der Waals surface area contributed by atoms with Crippen LogP contribution in [0.25, 0.3) is 0 Å². The monoisotopic (exact) mass is 375 g/mol. The zero-order valence-electron chi connectivity index (χ0n) is 17.5. The molecule has 2 N–H and O–H groups in total. The van der Waals surface area contributed by atoms with Crippen LogP contribution in [0.2, 0.25) is 0 Å². The van der Waals surface area contributed by atoms with Crippen LogP contribution in [0, 0.1) is 5.92 Å². The maximum atomic E-state index is 5.21. The highest BCUT2D eigenvalue weighted by molar-refractivity contribution is 5.79. The lowest BCUT2D eigenvalue weighted by molar-refractivity contribution is 0.124. The Labute approximate surface area is 165 Å². The predicted octanol–water partition coefficient (Wildman–Crippen LogP) is 2.02. The van der Waals surface area contributed by atoms with Crippen molar-refractivity contribution in [2.75, 3.05) is 59.5 Å². The third-order valence-electron chi connectivity index (χ3n) is 5.02. The summed E-state index contributed by atoms with van der Waals surface area (Å²) in [5.74, 6) is 2.35. The molecule has 0 saturated carbocycles. The average Bonchev–Trinajstić information content (AvgIpc) is 2.71. The van der Waals surface area contributed by atoms with E-state index in [1.165, 1.54) is 38.3 Å². The lowest BCUT2D eigenvalue weighted by atomic mass is 10.1. The van der Waals surface area contributed by atoms with Crippen LogP contribution < -0.4 is 15.4 Å². The Kier molecular flexibility index (Phi) is 9.42. The molecule has 1 fully saturated rings. The number of methoxy groups -OCH3 is 1. The van der Waals surface area contributed by atoms with Gasteiger partial charge in [-0.1, -0.05) is 26.0 Å². The highest BCUT2D eigenvalue weighted by atomic mass is 16.5. The number of guanidine groups is 1. The maximum Gasteiger partial charge on any atom is 0.191 e. The average molecular weight is 376 g/mol. The summed E-state index contributed by atoms with van der Waals surface area (Å²) in [6.45, 7) is 16.2. The van der Waals surface area contributed by atoms with Crippen LogP contribution in [0.15, 0.2) is 29.3 Å². The first-order valence-electron chi connectivity index (χ1n) is 10.2. The van der Waals surface area contributed by atoms with Gasteiger partial charge in [-0.25, -0.2) is 4.99 Å². The number of benzene rings is 1. The number of aliphatic imine (C=N–C) groups is 1. The Balaban J connectivity index is 1.77. The first-order chi connectivity index (χ1) is 13.1. The van der Waals surface area contributed by atoms with Crippen molar-refractivity contribution in [2.45, 2.75) is 27.3 Å². The van der Waals surface area contributed by atoms with Crippen molar-refractivity contribution in [3.8, 4) is 5.75 Å². The molecule has 2 rings (SSSR count). The van der Waals surface area contributed by atoms with Gasteiger partial charge in [0.25, 0.3) is 0 Å². The summed E-state index contributed by atoms with van der Waals surface area (Å²) in [6, 6.07) is 8.08. The Morgan fingerprint density at radius 3 is 2.33 bits per heavy atom. The van der Waals surface area contributed by atoms with Gasteiger partial charge in [0.2, 0.25) is 0 Å². The van der Waals surface area contributed by atoms with E-state index in [4.69, 9.17) is 9.73 Å². The van der Waals surface area contributed by atoms with E-state index in [9.17, 15) is 0 Å². The third kappa shape index (κ3) is 7.77. The van der Waals surface area contributed by atoms with Crippen molar-refractivity contribution in [1.82, 2.24) is 20.4 Å². The van der Waals surface area contributed by atoms with Gasteiger partial charge in [0, 0.05) is 45.8 Å². The molecule has 1 aromatic carbocycles. The lowest BCUT2D eigenvalue weighted by Crippen LogP contribution is -2.48. The summed E-state index contributed by atoms with van der Waals surface area (Å²) in [5, 5.41) is 6.84. The van der Waals surface area contributed by atoms with E-state index in [0.29, 0.717) is 12.5 Å². The second-order valence-electron chi connectivity index (χ2n) is 7.26. The van der Waals surface area contributed by atoms with Gasteiger partial charge in [0.1, 0.15) is 5.75 Å². The van der Waals surface area contributed by atoms with E-state index in [1.54, 1.807) is 7.11 Å². The minimum absolute atomic E-state index is 0.586. The van der Waals surface area contributed by atoms with Gasteiger partial charge in [0.05, 0.1) is 13.7 Å². The fraction of sp³-hybridized carbons (Fsp3) is 0.667. The summed E-state index contributed by atoms with van der Waals surface area (Å²) in [5.41, 5.74) is 1.18. The third-order valence-corrected chi connectivity index (χ3v) is 5.02. The molecule has 0 bridgehead atoms. The van der Waals surface area contributed by atoms with E-state index >= 15 is 0 Å². The number of nitrogens with zero attached hydrogens (tertiary/aromatic N) is 3. The molecule has 0 amide bonds. The molecule has 1 aliphatic heterocycles. The molecule has 1 unspecified atom stereocenters. The number of piperazine rings is 1. The van der Waals surface area contributed by atoms with Gasteiger partial charge in [-0.15, -0.1) is 0 Å². The Bertz CT molecular complexity index is 552. The molecule has 1 saturated heterocycles. The van der Waals surface area contributed by atoms with Crippen molar-refractivity contribution in [3.05, 3.63) is 29.8 Å². The minimum atomic E-state index is 0.586. The van der Waals surface area contributed by atoms with Gasteiger partial charge in [-0.3, -0.25) is 0 Å². The van der Waals surface area contributed by atoms with Gasteiger partial charge in [-0.05, 0) is 37.1 Å². The van der Waals surface area contributed by atoms with Gasteiger partial charge >= 0.3 is 0 Å². The van der Waals surface area contributed by atoms with Crippen LogP contribution in [0.3, 0.4) is 0 Å². The molecule has 1 atom stereocenters. The number of ether oxygens (including phenoxy) is 1. The number of hydrogen-bond donors (Lipinski definition) is 2. The van der Waals surface area contributed by atoms with Gasteiger partial charge in [0.15, 0.2) is 5.96 Å². The van der Waals surface area contributed by atoms with Crippen molar-refractivity contribution in [3.63, 3.8) is 0 Å². The summed E-state index contributed by atoms with van der Waals surface area (Å²) in [4.78, 5) is 9.82. The van der Waals surface area contributed by atoms with Gasteiger partial charge in [-0.2, -0.15) is 0 Å². The normalized spacial score (nSPS) is 17.6. The minimum Gasteiger partial charge on any atom is -0.497 e. The largest absolute Gasteiger partial charge is 0.497 e. The molecule has 0 aromatic heterocycles. The highest BCUT2D eigenvalue weighted by Crippen LogP contribution is 2.12. The van der Waals surface area contributed by atoms with E-state index in [1.807, 2.05) is 12.1 Å². The molecule has 0 aliphatic carbocycles. The predicted molar refractivity (Wildman–Crippen MR) is 114 cm³/mol. The summed E-state index contributed by atoms with van der Waals surface area (Å²) in [6.07, 6.45) is 0. The first kappa shape index (κ1) is 21.5.